The van der Waals surface area contributed by atoms with Crippen LogP contribution in [-0.2, 0) is 0 Å². The van der Waals surface area contributed by atoms with Crippen LogP contribution in [0.5, 0.6) is 0 Å². The molecule has 40 valence electrons. The Morgan fingerprint density at radius 3 is 2.17 bits per heavy atom. The Hall–Kier alpha value is 0.560. The maximum Gasteiger partial charge on any atom is 0.0565 e. The van der Waals surface area contributed by atoms with Crippen molar-refractivity contribution in [3.05, 3.63) is 0 Å². The van der Waals surface area contributed by atoms with Crippen molar-refractivity contribution in [3.63, 3.8) is 0 Å². The third kappa shape index (κ3) is 8.82. The van der Waals surface area contributed by atoms with Crippen molar-refractivity contribution < 1.29 is 5.11 Å². The van der Waals surface area contributed by atoms with E-state index in [1.807, 2.05) is 0 Å². The van der Waals surface area contributed by atoms with Gasteiger partial charge in [0.1, 0.15) is 0 Å². The maximum absolute atomic E-state index is 7.95. The van der Waals surface area contributed by atoms with Gasteiger partial charge in [0.05, 0.1) is 6.61 Å². The number of hydrogen-bond acceptors (Lipinski definition) is 3. The van der Waals surface area contributed by atoms with Gasteiger partial charge in [0, 0.05) is 6.54 Å². The molecular formula is C2H8ClNOS. The van der Waals surface area contributed by atoms with E-state index in [1.54, 1.807) is 0 Å². The molecule has 0 atom stereocenters. The second-order valence-corrected chi connectivity index (χ2v) is 0.948. The van der Waals surface area contributed by atoms with Gasteiger partial charge in [-0.15, -0.1) is 12.4 Å². The highest BCUT2D eigenvalue weighted by Crippen LogP contribution is 1.54. The Balaban J connectivity index is 0. The minimum atomic E-state index is 0. The van der Waals surface area contributed by atoms with E-state index in [4.69, 9.17) is 5.11 Å². The van der Waals surface area contributed by atoms with Crippen molar-refractivity contribution >= 4 is 25.2 Å². The molecule has 0 bridgehead atoms. The highest BCUT2D eigenvalue weighted by atomic mass is 35.5. The minimum absolute atomic E-state index is 0. The lowest BCUT2D eigenvalue weighted by Crippen LogP contribution is -2.04. The zero-order chi connectivity index (χ0) is 4.12. The van der Waals surface area contributed by atoms with E-state index >= 15 is 0 Å². The van der Waals surface area contributed by atoms with Gasteiger partial charge in [0.2, 0.25) is 0 Å². The molecule has 0 unspecified atom stereocenters. The summed E-state index contributed by atoms with van der Waals surface area (Å²) in [5.74, 6) is 0. The molecule has 0 fully saturated rings. The Bertz CT molecular complexity index is 21.0. The van der Waals surface area contributed by atoms with Crippen LogP contribution in [0.4, 0.5) is 0 Å². The first kappa shape index (κ1) is 9.75. The van der Waals surface area contributed by atoms with Crippen LogP contribution in [0.1, 0.15) is 0 Å². The molecule has 2 nitrogen and oxygen atoms in total. The molecule has 0 heterocycles. The molecule has 0 aromatic heterocycles. The molecule has 0 radical (unpaired) electrons. The summed E-state index contributed by atoms with van der Waals surface area (Å²) in [4.78, 5) is 0. The Kier molecular flexibility index (Phi) is 14.8. The first-order chi connectivity index (χ1) is 2.41. The normalized spacial score (nSPS) is 7.00. The fraction of sp³-hybridized carbons (Fsp3) is 1.00. The number of thiol groups is 1. The van der Waals surface area contributed by atoms with Crippen LogP contribution in [0, 0.1) is 0 Å². The summed E-state index contributed by atoms with van der Waals surface area (Å²) in [5.41, 5.74) is 0. The lowest BCUT2D eigenvalue weighted by atomic mass is 10.8. The SMILES string of the molecule is Cl.OCCNS. The lowest BCUT2D eigenvalue weighted by molar-refractivity contribution is 0.303. The molecule has 0 aliphatic heterocycles. The molecule has 2 N–H and O–H groups in total. The van der Waals surface area contributed by atoms with Crippen molar-refractivity contribution in [2.24, 2.45) is 0 Å². The first-order valence-electron chi connectivity index (χ1n) is 1.39. The highest BCUT2D eigenvalue weighted by Gasteiger charge is 1.66. The molecule has 0 aliphatic rings. The summed E-state index contributed by atoms with van der Waals surface area (Å²) in [5, 5.41) is 7.95. The summed E-state index contributed by atoms with van der Waals surface area (Å²) in [6, 6.07) is 0. The number of nitrogens with one attached hydrogen (secondary N) is 1. The molecule has 0 aliphatic carbocycles. The van der Waals surface area contributed by atoms with E-state index in [1.165, 1.54) is 0 Å². The molecule has 0 spiro atoms. The molecule has 0 amide bonds. The molecule has 0 aromatic rings. The van der Waals surface area contributed by atoms with Crippen LogP contribution >= 0.6 is 25.2 Å². The van der Waals surface area contributed by atoms with Crippen molar-refractivity contribution in [1.82, 2.24) is 4.72 Å². The monoisotopic (exact) mass is 129 g/mol. The fourth-order valence-corrected chi connectivity index (χ4v) is 0.150. The molecule has 4 heteroatoms. The second kappa shape index (κ2) is 9.12. The fourth-order valence-electron chi connectivity index (χ4n) is 0.0500. The quantitative estimate of drug-likeness (QED) is 0.453. The zero-order valence-corrected chi connectivity index (χ0v) is 4.93. The van der Waals surface area contributed by atoms with Crippen molar-refractivity contribution in [3.8, 4) is 0 Å². The van der Waals surface area contributed by atoms with Crippen LogP contribution < -0.4 is 4.72 Å². The van der Waals surface area contributed by atoms with Gasteiger partial charge in [-0.25, -0.2) is 0 Å². The average Bonchev–Trinajstić information content (AvgIpc) is 1.41. The average molecular weight is 130 g/mol. The number of rotatable bonds is 2. The van der Waals surface area contributed by atoms with Gasteiger partial charge < -0.3 is 5.11 Å². The van der Waals surface area contributed by atoms with E-state index < -0.39 is 0 Å². The third-order valence-electron chi connectivity index (χ3n) is 0.224. The van der Waals surface area contributed by atoms with E-state index in [0.29, 0.717) is 6.54 Å². The summed E-state index contributed by atoms with van der Waals surface area (Å²) >= 11 is 3.59. The summed E-state index contributed by atoms with van der Waals surface area (Å²) < 4.78 is 2.46. The minimum Gasteiger partial charge on any atom is -0.395 e. The van der Waals surface area contributed by atoms with Crippen molar-refractivity contribution in [1.29, 1.82) is 0 Å². The molecule has 6 heavy (non-hydrogen) atoms. The number of aliphatic hydroxyl groups is 1. The molecule has 0 saturated carbocycles. The smallest absolute Gasteiger partial charge is 0.0565 e. The van der Waals surface area contributed by atoms with Gasteiger partial charge in [0.25, 0.3) is 0 Å². The topological polar surface area (TPSA) is 32.3 Å². The van der Waals surface area contributed by atoms with Gasteiger partial charge >= 0.3 is 0 Å². The number of halogens is 1. The number of hydrogen-bond donors (Lipinski definition) is 3. The van der Waals surface area contributed by atoms with E-state index in [9.17, 15) is 0 Å². The third-order valence-corrected chi connectivity index (χ3v) is 0.447. The summed E-state index contributed by atoms with van der Waals surface area (Å²) in [7, 11) is 0. The molecule has 0 saturated heterocycles. The van der Waals surface area contributed by atoms with Crippen molar-refractivity contribution in [2.45, 2.75) is 0 Å². The molecule has 0 rings (SSSR count). The Labute approximate surface area is 48.9 Å². The second-order valence-electron chi connectivity index (χ2n) is 0.632. The van der Waals surface area contributed by atoms with E-state index in [0.717, 1.165) is 0 Å². The Morgan fingerprint density at radius 1 is 1.67 bits per heavy atom. The largest absolute Gasteiger partial charge is 0.395 e. The van der Waals surface area contributed by atoms with Crippen LogP contribution in [0.3, 0.4) is 0 Å². The summed E-state index contributed by atoms with van der Waals surface area (Å²) in [6.07, 6.45) is 0. The van der Waals surface area contributed by atoms with Gasteiger partial charge in [-0.1, -0.05) is 12.8 Å². The van der Waals surface area contributed by atoms with Crippen LogP contribution in [-0.4, -0.2) is 18.3 Å². The number of aliphatic hydroxyl groups excluding tert-OH is 1. The van der Waals surface area contributed by atoms with E-state index in [2.05, 4.69) is 17.5 Å². The van der Waals surface area contributed by atoms with Crippen LogP contribution in [0.2, 0.25) is 0 Å². The first-order valence-corrected chi connectivity index (χ1v) is 1.84. The predicted molar refractivity (Wildman–Crippen MR) is 31.3 cm³/mol. The zero-order valence-electron chi connectivity index (χ0n) is 3.22. The Morgan fingerprint density at radius 2 is 2.17 bits per heavy atom. The molecule has 0 aromatic carbocycles. The standard InChI is InChI=1S/C2H7NOS.ClH/c4-2-1-3-5;/h3-5H,1-2H2;1H. The van der Waals surface area contributed by atoms with Crippen LogP contribution in [0.15, 0.2) is 0 Å². The lowest BCUT2D eigenvalue weighted by Gasteiger charge is -1.83. The van der Waals surface area contributed by atoms with E-state index in [-0.39, 0.29) is 19.0 Å². The molecular weight excluding hydrogens is 122 g/mol. The van der Waals surface area contributed by atoms with Gasteiger partial charge in [0.15, 0.2) is 0 Å². The van der Waals surface area contributed by atoms with Gasteiger partial charge in [-0.3, -0.25) is 4.72 Å². The summed E-state index contributed by atoms with van der Waals surface area (Å²) in [6.45, 7) is 0.715. The maximum atomic E-state index is 7.95. The van der Waals surface area contributed by atoms with Gasteiger partial charge in [-0.05, 0) is 0 Å². The predicted octanol–water partition coefficient (Wildman–Crippen LogP) is -0.165. The van der Waals surface area contributed by atoms with Crippen LogP contribution in [0.25, 0.3) is 0 Å². The van der Waals surface area contributed by atoms with Crippen molar-refractivity contribution in [2.75, 3.05) is 13.2 Å². The van der Waals surface area contributed by atoms with Gasteiger partial charge in [-0.2, -0.15) is 0 Å². The highest BCUT2D eigenvalue weighted by molar-refractivity contribution is 7.78.